The maximum atomic E-state index is 13.3. The summed E-state index contributed by atoms with van der Waals surface area (Å²) in [7, 11) is 1.50. The van der Waals surface area contributed by atoms with Gasteiger partial charge in [0.1, 0.15) is 23.6 Å². The molecule has 2 aliphatic rings. The first-order valence-electron chi connectivity index (χ1n) is 13.4. The summed E-state index contributed by atoms with van der Waals surface area (Å²) >= 11 is 6.21. The van der Waals surface area contributed by atoms with E-state index in [1.807, 2.05) is 0 Å². The first-order chi connectivity index (χ1) is 20.5. The van der Waals surface area contributed by atoms with Gasteiger partial charge in [0.2, 0.25) is 5.95 Å². The standard InChI is InChI=1S/C27H26ClN11O3/c1-41-26-33-10-16(11-34-26)21-13-31-22(14-30-21)39(27(40)42-19-6-7-19)18-4-2-17(3-5-18)36-25-32-9-15(8-29)23(37-25)24-20(28)12-35-38-24/h9-14,17-19H,2-7H2,1H3,(H,35,38)(H,32,36,37)/t17-,18-. The number of nitrogens with one attached hydrogen (secondary N) is 2. The van der Waals surface area contributed by atoms with E-state index >= 15 is 0 Å². The Morgan fingerprint density at radius 1 is 1.02 bits per heavy atom. The number of nitrogens with zero attached hydrogens (tertiary/aromatic N) is 9. The van der Waals surface area contributed by atoms with Gasteiger partial charge in [-0.25, -0.2) is 29.7 Å². The number of aromatic amines is 1. The van der Waals surface area contributed by atoms with Crippen LogP contribution in [0, 0.1) is 11.3 Å². The molecule has 2 fully saturated rings. The lowest BCUT2D eigenvalue weighted by molar-refractivity contribution is 0.141. The molecule has 15 heteroatoms. The van der Waals surface area contributed by atoms with Gasteiger partial charge in [-0.2, -0.15) is 10.4 Å². The number of methoxy groups -OCH3 is 1. The maximum Gasteiger partial charge on any atom is 0.416 e. The van der Waals surface area contributed by atoms with Gasteiger partial charge in [0, 0.05) is 36.2 Å². The Labute approximate surface area is 245 Å². The van der Waals surface area contributed by atoms with Crippen LogP contribution in [0.25, 0.3) is 22.6 Å². The Morgan fingerprint density at radius 2 is 1.81 bits per heavy atom. The number of carbonyl (C=O) groups excluding carboxylic acids is 1. The van der Waals surface area contributed by atoms with Crippen molar-refractivity contribution >= 4 is 29.5 Å². The molecule has 14 nitrogen and oxygen atoms in total. The molecule has 214 valence electrons. The van der Waals surface area contributed by atoms with Crippen LogP contribution in [0.3, 0.4) is 0 Å². The van der Waals surface area contributed by atoms with Gasteiger partial charge < -0.3 is 14.8 Å². The third kappa shape index (κ3) is 5.91. The van der Waals surface area contributed by atoms with Crippen LogP contribution in [0.4, 0.5) is 16.6 Å². The summed E-state index contributed by atoms with van der Waals surface area (Å²) in [6.45, 7) is 0. The maximum absolute atomic E-state index is 13.3. The zero-order valence-electron chi connectivity index (χ0n) is 22.6. The van der Waals surface area contributed by atoms with Crippen molar-refractivity contribution in [3.63, 3.8) is 0 Å². The summed E-state index contributed by atoms with van der Waals surface area (Å²) in [5.41, 5.74) is 2.26. The molecular formula is C27H26ClN11O3. The van der Waals surface area contributed by atoms with Crippen molar-refractivity contribution in [2.45, 2.75) is 56.7 Å². The van der Waals surface area contributed by atoms with Crippen molar-refractivity contribution in [3.8, 4) is 34.7 Å². The normalized spacial score (nSPS) is 18.1. The first kappa shape index (κ1) is 27.3. The number of ether oxygens (including phenoxy) is 2. The predicted molar refractivity (Wildman–Crippen MR) is 151 cm³/mol. The third-order valence-electron chi connectivity index (χ3n) is 7.10. The quantitative estimate of drug-likeness (QED) is 0.300. The highest BCUT2D eigenvalue weighted by atomic mass is 35.5. The van der Waals surface area contributed by atoms with Crippen LogP contribution in [0.2, 0.25) is 5.02 Å². The van der Waals surface area contributed by atoms with Crippen molar-refractivity contribution in [2.75, 3.05) is 17.3 Å². The molecule has 0 saturated heterocycles. The van der Waals surface area contributed by atoms with Crippen molar-refractivity contribution in [1.82, 2.24) is 40.1 Å². The first-order valence-corrected chi connectivity index (χ1v) is 13.8. The van der Waals surface area contributed by atoms with Gasteiger partial charge in [-0.05, 0) is 38.5 Å². The molecule has 2 aliphatic carbocycles. The average Bonchev–Trinajstić information content (AvgIpc) is 3.74. The number of hydrogen-bond donors (Lipinski definition) is 2. The second kappa shape index (κ2) is 11.9. The average molecular weight is 588 g/mol. The van der Waals surface area contributed by atoms with Crippen LogP contribution in [-0.4, -0.2) is 71.5 Å². The molecule has 0 radical (unpaired) electrons. The highest BCUT2D eigenvalue weighted by Gasteiger charge is 2.35. The number of H-pyrrole nitrogens is 1. The van der Waals surface area contributed by atoms with E-state index in [0.717, 1.165) is 25.7 Å². The fraction of sp³-hybridized carbons (Fsp3) is 0.370. The van der Waals surface area contributed by atoms with Crippen LogP contribution in [0.1, 0.15) is 44.1 Å². The van der Waals surface area contributed by atoms with E-state index in [2.05, 4.69) is 51.5 Å². The lowest BCUT2D eigenvalue weighted by Gasteiger charge is -2.35. The summed E-state index contributed by atoms with van der Waals surface area (Å²) in [5, 5.41) is 20.0. The topological polar surface area (TPSA) is 181 Å². The molecule has 0 atom stereocenters. The second-order valence-electron chi connectivity index (χ2n) is 9.97. The molecular weight excluding hydrogens is 562 g/mol. The molecule has 0 aliphatic heterocycles. The van der Waals surface area contributed by atoms with Gasteiger partial charge >= 0.3 is 12.1 Å². The third-order valence-corrected chi connectivity index (χ3v) is 7.39. The van der Waals surface area contributed by atoms with E-state index in [1.54, 1.807) is 29.7 Å². The van der Waals surface area contributed by atoms with E-state index in [1.165, 1.54) is 19.5 Å². The number of aromatic nitrogens is 8. The Bertz CT molecular complexity index is 1600. The SMILES string of the molecule is COc1ncc(-c2cnc(N(C(=O)OC3CC3)[C@H]3CC[C@H](Nc4ncc(C#N)c(-c5n[nH]cc5Cl)n4)CC3)cn2)cn1. The summed E-state index contributed by atoms with van der Waals surface area (Å²) in [4.78, 5) is 41.0. The zero-order chi connectivity index (χ0) is 29.1. The predicted octanol–water partition coefficient (Wildman–Crippen LogP) is 4.18. The molecule has 0 unspecified atom stereocenters. The van der Waals surface area contributed by atoms with Gasteiger partial charge in [-0.1, -0.05) is 11.6 Å². The summed E-state index contributed by atoms with van der Waals surface area (Å²) in [6.07, 6.45) is 13.5. The zero-order valence-corrected chi connectivity index (χ0v) is 23.3. The van der Waals surface area contributed by atoms with Gasteiger partial charge in [0.25, 0.3) is 0 Å². The number of carbonyl (C=O) groups is 1. The number of amides is 1. The number of halogens is 1. The van der Waals surface area contributed by atoms with Gasteiger partial charge in [-0.3, -0.25) is 15.0 Å². The van der Waals surface area contributed by atoms with E-state index in [4.69, 9.17) is 21.1 Å². The van der Waals surface area contributed by atoms with Crippen molar-refractivity contribution < 1.29 is 14.3 Å². The van der Waals surface area contributed by atoms with Crippen LogP contribution in [0.15, 0.2) is 37.2 Å². The molecule has 1 amide bonds. The molecule has 6 rings (SSSR count). The molecule has 4 heterocycles. The van der Waals surface area contributed by atoms with E-state index < -0.39 is 6.09 Å². The van der Waals surface area contributed by atoms with Gasteiger partial charge in [-0.15, -0.1) is 0 Å². The van der Waals surface area contributed by atoms with Crippen LogP contribution >= 0.6 is 11.6 Å². The molecule has 2 N–H and O–H groups in total. The molecule has 0 bridgehead atoms. The number of rotatable bonds is 8. The second-order valence-corrected chi connectivity index (χ2v) is 10.4. The van der Waals surface area contributed by atoms with Gasteiger partial charge in [0.15, 0.2) is 5.82 Å². The van der Waals surface area contributed by atoms with Crippen molar-refractivity contribution in [3.05, 3.63) is 47.8 Å². The van der Waals surface area contributed by atoms with Crippen molar-refractivity contribution in [2.24, 2.45) is 0 Å². The molecule has 4 aromatic heterocycles. The van der Waals surface area contributed by atoms with Crippen LogP contribution in [-0.2, 0) is 4.74 Å². The fourth-order valence-corrected chi connectivity index (χ4v) is 4.96. The smallest absolute Gasteiger partial charge is 0.416 e. The monoisotopic (exact) mass is 587 g/mol. The van der Waals surface area contributed by atoms with E-state index in [9.17, 15) is 10.1 Å². The van der Waals surface area contributed by atoms with Crippen LogP contribution < -0.4 is 15.0 Å². The Balaban J connectivity index is 1.15. The minimum absolute atomic E-state index is 0.0487. The Kier molecular flexibility index (Phi) is 7.74. The summed E-state index contributed by atoms with van der Waals surface area (Å²) < 4.78 is 10.7. The molecule has 4 aromatic rings. The van der Waals surface area contributed by atoms with Crippen LogP contribution in [0.5, 0.6) is 6.01 Å². The lowest BCUT2D eigenvalue weighted by atomic mass is 9.90. The molecule has 2 saturated carbocycles. The summed E-state index contributed by atoms with van der Waals surface area (Å²) in [5.74, 6) is 0.798. The van der Waals surface area contributed by atoms with Gasteiger partial charge in [0.05, 0.1) is 42.0 Å². The van der Waals surface area contributed by atoms with E-state index in [0.29, 0.717) is 52.3 Å². The largest absolute Gasteiger partial charge is 0.467 e. The van der Waals surface area contributed by atoms with Crippen molar-refractivity contribution in [1.29, 1.82) is 5.26 Å². The lowest BCUT2D eigenvalue weighted by Crippen LogP contribution is -2.45. The number of anilines is 2. The van der Waals surface area contributed by atoms with E-state index in [-0.39, 0.29) is 29.8 Å². The molecule has 42 heavy (non-hydrogen) atoms. The Morgan fingerprint density at radius 3 is 2.43 bits per heavy atom. The Hall–Kier alpha value is -4.90. The number of nitriles is 1. The molecule has 0 aromatic carbocycles. The highest BCUT2D eigenvalue weighted by Crippen LogP contribution is 2.32. The highest BCUT2D eigenvalue weighted by molar-refractivity contribution is 6.32. The minimum Gasteiger partial charge on any atom is -0.467 e. The number of hydrogen-bond acceptors (Lipinski definition) is 12. The summed E-state index contributed by atoms with van der Waals surface area (Å²) in [6, 6.07) is 2.28. The fourth-order valence-electron chi connectivity index (χ4n) is 4.78. The molecule has 0 spiro atoms. The minimum atomic E-state index is -0.417.